The summed E-state index contributed by atoms with van der Waals surface area (Å²) in [6.45, 7) is 4.01. The Hall–Kier alpha value is -1.35. The third kappa shape index (κ3) is 1.51. The van der Waals surface area contributed by atoms with Crippen molar-refractivity contribution in [1.29, 1.82) is 0 Å². The lowest BCUT2D eigenvalue weighted by atomic mass is 9.98. The van der Waals surface area contributed by atoms with Gasteiger partial charge in [-0.05, 0) is 23.6 Å². The van der Waals surface area contributed by atoms with E-state index in [1.54, 1.807) is 6.20 Å². The highest BCUT2D eigenvalue weighted by molar-refractivity contribution is 5.78. The molecule has 0 saturated heterocycles. The zero-order valence-corrected chi connectivity index (χ0v) is 8.36. The summed E-state index contributed by atoms with van der Waals surface area (Å²) < 4.78 is 0. The fraction of sp³-hybridized carbons (Fsp3) is 0.364. The molecule has 1 atom stereocenters. The molecule has 1 unspecified atom stereocenters. The van der Waals surface area contributed by atoms with Crippen LogP contribution >= 0.6 is 0 Å². The Morgan fingerprint density at radius 1 is 1.36 bits per heavy atom. The molecule has 3 heteroatoms. The van der Waals surface area contributed by atoms with Gasteiger partial charge in [-0.25, -0.2) is 0 Å². The van der Waals surface area contributed by atoms with E-state index in [-0.39, 0.29) is 5.92 Å². The Balaban J connectivity index is 2.43. The third-order valence-corrected chi connectivity index (χ3v) is 2.44. The molecule has 0 amide bonds. The van der Waals surface area contributed by atoms with E-state index in [0.717, 1.165) is 16.5 Å². The molecule has 0 bridgehead atoms. The van der Waals surface area contributed by atoms with Crippen molar-refractivity contribution in [1.82, 2.24) is 10.2 Å². The maximum Gasteiger partial charge on any atom is 0.0813 e. The Morgan fingerprint density at radius 2 is 2.14 bits per heavy atom. The number of aliphatic hydroxyl groups excluding tert-OH is 1. The van der Waals surface area contributed by atoms with Gasteiger partial charge in [-0.1, -0.05) is 19.9 Å². The zero-order chi connectivity index (χ0) is 10.1. The second-order valence-electron chi connectivity index (χ2n) is 3.91. The summed E-state index contributed by atoms with van der Waals surface area (Å²) in [5, 5.41) is 17.7. The fourth-order valence-corrected chi connectivity index (χ4v) is 1.53. The molecule has 2 aromatic rings. The molecule has 2 rings (SSSR count). The lowest BCUT2D eigenvalue weighted by molar-refractivity contribution is 0.127. The SMILES string of the molecule is CC(C)C(O)c1ccc2[nH]ncc2c1. The van der Waals surface area contributed by atoms with E-state index in [1.165, 1.54) is 0 Å². The number of H-pyrrole nitrogens is 1. The molecular weight excluding hydrogens is 176 g/mol. The molecule has 0 saturated carbocycles. The second-order valence-corrected chi connectivity index (χ2v) is 3.91. The summed E-state index contributed by atoms with van der Waals surface area (Å²) in [6.07, 6.45) is 1.38. The van der Waals surface area contributed by atoms with E-state index in [0.29, 0.717) is 0 Å². The number of aliphatic hydroxyl groups is 1. The lowest BCUT2D eigenvalue weighted by Crippen LogP contribution is -2.04. The zero-order valence-electron chi connectivity index (χ0n) is 8.36. The molecular formula is C11H14N2O. The topological polar surface area (TPSA) is 48.9 Å². The average Bonchev–Trinajstić information content (AvgIpc) is 2.62. The Kier molecular flexibility index (Phi) is 2.25. The maximum atomic E-state index is 9.86. The van der Waals surface area contributed by atoms with Crippen LogP contribution in [0.15, 0.2) is 24.4 Å². The molecule has 0 fully saturated rings. The number of nitrogens with zero attached hydrogens (tertiary/aromatic N) is 1. The van der Waals surface area contributed by atoms with E-state index in [2.05, 4.69) is 10.2 Å². The van der Waals surface area contributed by atoms with Crippen molar-refractivity contribution in [3.05, 3.63) is 30.0 Å². The molecule has 1 aromatic carbocycles. The van der Waals surface area contributed by atoms with Gasteiger partial charge < -0.3 is 5.11 Å². The second kappa shape index (κ2) is 3.42. The molecule has 0 aliphatic rings. The summed E-state index contributed by atoms with van der Waals surface area (Å²) >= 11 is 0. The van der Waals surface area contributed by atoms with E-state index in [9.17, 15) is 5.11 Å². The van der Waals surface area contributed by atoms with Crippen LogP contribution in [0.3, 0.4) is 0 Å². The Bertz CT molecular complexity index is 434. The first kappa shape index (κ1) is 9.21. The van der Waals surface area contributed by atoms with Crippen molar-refractivity contribution in [3.63, 3.8) is 0 Å². The number of hydrogen-bond donors (Lipinski definition) is 2. The molecule has 0 aliphatic carbocycles. The molecule has 74 valence electrons. The number of hydrogen-bond acceptors (Lipinski definition) is 2. The van der Waals surface area contributed by atoms with Crippen LogP contribution in [-0.4, -0.2) is 15.3 Å². The minimum atomic E-state index is -0.394. The Labute approximate surface area is 82.8 Å². The van der Waals surface area contributed by atoms with E-state index < -0.39 is 6.10 Å². The van der Waals surface area contributed by atoms with Gasteiger partial charge in [0, 0.05) is 5.39 Å². The molecule has 3 nitrogen and oxygen atoms in total. The number of aromatic nitrogens is 2. The smallest absolute Gasteiger partial charge is 0.0813 e. The normalized spacial score (nSPS) is 13.7. The fourth-order valence-electron chi connectivity index (χ4n) is 1.53. The van der Waals surface area contributed by atoms with Crippen LogP contribution in [0.4, 0.5) is 0 Å². The minimum Gasteiger partial charge on any atom is -0.388 e. The number of fused-ring (bicyclic) bond motifs is 1. The van der Waals surface area contributed by atoms with Gasteiger partial charge >= 0.3 is 0 Å². The predicted octanol–water partition coefficient (Wildman–Crippen LogP) is 2.25. The van der Waals surface area contributed by atoms with Gasteiger partial charge in [0.1, 0.15) is 0 Å². The highest BCUT2D eigenvalue weighted by Crippen LogP contribution is 2.23. The third-order valence-electron chi connectivity index (χ3n) is 2.44. The molecule has 0 aliphatic heterocycles. The van der Waals surface area contributed by atoms with Crippen molar-refractivity contribution >= 4 is 10.9 Å². The van der Waals surface area contributed by atoms with Crippen LogP contribution < -0.4 is 0 Å². The van der Waals surface area contributed by atoms with Crippen LogP contribution in [0.1, 0.15) is 25.5 Å². The molecule has 1 aromatic heterocycles. The predicted molar refractivity (Wildman–Crippen MR) is 55.9 cm³/mol. The summed E-state index contributed by atoms with van der Waals surface area (Å²) in [5.74, 6) is 0.236. The number of benzene rings is 1. The summed E-state index contributed by atoms with van der Waals surface area (Å²) in [4.78, 5) is 0. The van der Waals surface area contributed by atoms with Crippen molar-refractivity contribution < 1.29 is 5.11 Å². The minimum absolute atomic E-state index is 0.236. The van der Waals surface area contributed by atoms with Crippen LogP contribution in [0.2, 0.25) is 0 Å². The first-order chi connectivity index (χ1) is 6.68. The maximum absolute atomic E-state index is 9.86. The standard InChI is InChI=1S/C11H14N2O/c1-7(2)11(14)8-3-4-10-9(5-8)6-12-13-10/h3-7,11,14H,1-2H3,(H,12,13). The summed E-state index contributed by atoms with van der Waals surface area (Å²) in [7, 11) is 0. The van der Waals surface area contributed by atoms with Crippen molar-refractivity contribution in [2.75, 3.05) is 0 Å². The summed E-state index contributed by atoms with van der Waals surface area (Å²) in [5.41, 5.74) is 1.96. The van der Waals surface area contributed by atoms with Gasteiger partial charge in [-0.15, -0.1) is 0 Å². The lowest BCUT2D eigenvalue weighted by Gasteiger charge is -2.14. The molecule has 14 heavy (non-hydrogen) atoms. The molecule has 2 N–H and O–H groups in total. The molecule has 1 heterocycles. The van der Waals surface area contributed by atoms with E-state index >= 15 is 0 Å². The highest BCUT2D eigenvalue weighted by Gasteiger charge is 2.12. The van der Waals surface area contributed by atoms with Crippen molar-refractivity contribution in [3.8, 4) is 0 Å². The van der Waals surface area contributed by atoms with Crippen LogP contribution in [0.25, 0.3) is 10.9 Å². The molecule has 0 spiro atoms. The van der Waals surface area contributed by atoms with Gasteiger partial charge in [0.05, 0.1) is 17.8 Å². The quantitative estimate of drug-likeness (QED) is 0.763. The highest BCUT2D eigenvalue weighted by atomic mass is 16.3. The van der Waals surface area contributed by atoms with Crippen LogP contribution in [-0.2, 0) is 0 Å². The van der Waals surface area contributed by atoms with Crippen LogP contribution in [0, 0.1) is 5.92 Å². The van der Waals surface area contributed by atoms with E-state index in [4.69, 9.17) is 0 Å². The number of nitrogens with one attached hydrogen (secondary N) is 1. The monoisotopic (exact) mass is 190 g/mol. The summed E-state index contributed by atoms with van der Waals surface area (Å²) in [6, 6.07) is 5.86. The van der Waals surface area contributed by atoms with Crippen molar-refractivity contribution in [2.24, 2.45) is 5.92 Å². The molecule has 0 radical (unpaired) electrons. The van der Waals surface area contributed by atoms with Gasteiger partial charge in [0.15, 0.2) is 0 Å². The van der Waals surface area contributed by atoms with Crippen molar-refractivity contribution in [2.45, 2.75) is 20.0 Å². The van der Waals surface area contributed by atoms with Gasteiger partial charge in [0.25, 0.3) is 0 Å². The van der Waals surface area contributed by atoms with Crippen LogP contribution in [0.5, 0.6) is 0 Å². The first-order valence-corrected chi connectivity index (χ1v) is 4.79. The Morgan fingerprint density at radius 3 is 2.86 bits per heavy atom. The average molecular weight is 190 g/mol. The number of aromatic amines is 1. The van der Waals surface area contributed by atoms with E-state index in [1.807, 2.05) is 32.0 Å². The first-order valence-electron chi connectivity index (χ1n) is 4.79. The number of rotatable bonds is 2. The largest absolute Gasteiger partial charge is 0.388 e. The van der Waals surface area contributed by atoms with Gasteiger partial charge in [0.2, 0.25) is 0 Å². The van der Waals surface area contributed by atoms with Gasteiger partial charge in [-0.3, -0.25) is 5.10 Å². The van der Waals surface area contributed by atoms with Gasteiger partial charge in [-0.2, -0.15) is 5.10 Å².